The molecule has 4 nitrogen and oxygen atoms in total. The number of carbonyl (C=O) groups is 2. The lowest BCUT2D eigenvalue weighted by Crippen LogP contribution is -2.73. The summed E-state index contributed by atoms with van der Waals surface area (Å²) in [6.07, 6.45) is -7.69. The predicted octanol–water partition coefficient (Wildman–Crippen LogP) is 4.62. The molecule has 30 heavy (non-hydrogen) atoms. The van der Waals surface area contributed by atoms with Crippen LogP contribution in [0.1, 0.15) is 6.92 Å². The maximum Gasteiger partial charge on any atom is 0.460 e. The van der Waals surface area contributed by atoms with Crippen molar-refractivity contribution in [3.8, 4) is 0 Å². The first-order valence-corrected chi connectivity index (χ1v) is 6.33. The van der Waals surface area contributed by atoms with Crippen LogP contribution in [0.2, 0.25) is 0 Å². The van der Waals surface area contributed by atoms with Gasteiger partial charge in [-0.25, -0.2) is 4.79 Å². The molecule has 0 aliphatic heterocycles. The number of carboxylic acid groups (broad SMARTS) is 1. The molecule has 0 rings (SSSR count). The average Bonchev–Trinajstić information content (AvgIpc) is 2.52. The summed E-state index contributed by atoms with van der Waals surface area (Å²) in [5.74, 6) is -53.1. The number of carboxylic acids is 1. The van der Waals surface area contributed by atoms with E-state index in [0.717, 1.165) is 0 Å². The molecular formula is C11H7F15O4. The highest BCUT2D eigenvalue weighted by molar-refractivity contribution is 5.77. The first kappa shape index (κ1) is 30.1. The Morgan fingerprint density at radius 2 is 0.833 bits per heavy atom. The average molecular weight is 488 g/mol. The number of alkyl halides is 15. The van der Waals surface area contributed by atoms with Crippen molar-refractivity contribution in [2.24, 2.45) is 0 Å². The molecule has 0 atom stereocenters. The van der Waals surface area contributed by atoms with E-state index in [4.69, 9.17) is 5.11 Å². The van der Waals surface area contributed by atoms with Gasteiger partial charge in [0.05, 0.1) is 7.11 Å². The fourth-order valence-corrected chi connectivity index (χ4v) is 1.10. The van der Waals surface area contributed by atoms with Gasteiger partial charge in [-0.3, -0.25) is 4.79 Å². The molecule has 0 aliphatic rings. The van der Waals surface area contributed by atoms with Crippen LogP contribution in [-0.4, -0.2) is 65.9 Å². The normalized spacial score (nSPS) is 14.6. The number of carbonyl (C=O) groups excluding carboxylic acids is 1. The molecule has 0 saturated heterocycles. The maximum atomic E-state index is 12.8. The Kier molecular flexibility index (Phi) is 8.22. The second-order valence-electron chi connectivity index (χ2n) is 4.94. The highest BCUT2D eigenvalue weighted by Crippen LogP contribution is 2.62. The fourth-order valence-electron chi connectivity index (χ4n) is 1.10. The number of hydrogen-bond acceptors (Lipinski definition) is 3. The number of esters is 1. The summed E-state index contributed by atoms with van der Waals surface area (Å²) in [4.78, 5) is 19.3. The Morgan fingerprint density at radius 1 is 0.600 bits per heavy atom. The molecule has 0 radical (unpaired) electrons. The van der Waals surface area contributed by atoms with E-state index in [1.54, 1.807) is 0 Å². The van der Waals surface area contributed by atoms with Crippen LogP contribution in [0.5, 0.6) is 0 Å². The van der Waals surface area contributed by atoms with E-state index in [0.29, 0.717) is 0 Å². The van der Waals surface area contributed by atoms with Gasteiger partial charge in [-0.15, -0.1) is 0 Å². The summed E-state index contributed by atoms with van der Waals surface area (Å²) in [6, 6.07) is 0. The van der Waals surface area contributed by atoms with Crippen molar-refractivity contribution in [1.82, 2.24) is 0 Å². The van der Waals surface area contributed by atoms with Crippen molar-refractivity contribution in [2.45, 2.75) is 48.6 Å². The first-order valence-electron chi connectivity index (χ1n) is 6.33. The van der Waals surface area contributed by atoms with Gasteiger partial charge in [-0.1, -0.05) is 0 Å². The molecule has 0 heterocycles. The summed E-state index contributed by atoms with van der Waals surface area (Å²) in [7, 11) is 1.35. The summed E-state index contributed by atoms with van der Waals surface area (Å²) < 4.78 is 191. The number of ether oxygens (including phenoxy) is 1. The minimum atomic E-state index is -8.47. The molecule has 0 amide bonds. The van der Waals surface area contributed by atoms with Gasteiger partial charge in [0.25, 0.3) is 0 Å². The van der Waals surface area contributed by atoms with Crippen LogP contribution in [-0.2, 0) is 14.3 Å². The summed E-state index contributed by atoms with van der Waals surface area (Å²) in [6.45, 7) is 1.36. The van der Waals surface area contributed by atoms with Gasteiger partial charge in [0.15, 0.2) is 0 Å². The third kappa shape index (κ3) is 4.47. The predicted molar refractivity (Wildman–Crippen MR) is 61.1 cm³/mol. The summed E-state index contributed by atoms with van der Waals surface area (Å²) in [5, 5.41) is 7.57. The molecule has 0 unspecified atom stereocenters. The molecule has 19 heteroatoms. The largest absolute Gasteiger partial charge is 0.477 e. The number of methoxy groups -OCH3 is 1. The molecule has 0 aromatic carbocycles. The summed E-state index contributed by atoms with van der Waals surface area (Å²) in [5.41, 5.74) is 0. The zero-order chi connectivity index (χ0) is 25.4. The van der Waals surface area contributed by atoms with Gasteiger partial charge in [0, 0.05) is 6.92 Å². The van der Waals surface area contributed by atoms with Crippen LogP contribution in [0.3, 0.4) is 0 Å². The highest BCUT2D eigenvalue weighted by Gasteiger charge is 2.94. The molecule has 0 aromatic heterocycles. The maximum absolute atomic E-state index is 12.8. The van der Waals surface area contributed by atoms with Crippen molar-refractivity contribution in [1.29, 1.82) is 0 Å². The van der Waals surface area contributed by atoms with Gasteiger partial charge in [-0.05, 0) is 0 Å². The number of rotatable bonds is 6. The van der Waals surface area contributed by atoms with Crippen molar-refractivity contribution < 1.29 is 85.3 Å². The quantitative estimate of drug-likeness (QED) is 0.438. The van der Waals surface area contributed by atoms with Gasteiger partial charge >= 0.3 is 53.7 Å². The molecule has 0 spiro atoms. The van der Waals surface area contributed by atoms with Crippen LogP contribution < -0.4 is 0 Å². The number of hydrogen-bond donors (Lipinski definition) is 1. The van der Waals surface area contributed by atoms with Gasteiger partial charge in [-0.2, -0.15) is 65.9 Å². The number of aliphatic carboxylic acids is 1. The van der Waals surface area contributed by atoms with E-state index in [2.05, 4.69) is 4.74 Å². The van der Waals surface area contributed by atoms with Crippen molar-refractivity contribution in [2.75, 3.05) is 7.11 Å². The zero-order valence-electron chi connectivity index (χ0n) is 13.8. The minimum absolute atomic E-state index is 0.245. The molecule has 180 valence electrons. The first-order chi connectivity index (χ1) is 12.7. The van der Waals surface area contributed by atoms with E-state index < -0.39 is 47.7 Å². The number of halogens is 15. The lowest BCUT2D eigenvalue weighted by atomic mass is 9.91. The zero-order valence-corrected chi connectivity index (χ0v) is 13.8. The lowest BCUT2D eigenvalue weighted by molar-refractivity contribution is -0.450. The summed E-state index contributed by atoms with van der Waals surface area (Å²) >= 11 is 0. The van der Waals surface area contributed by atoms with E-state index in [1.807, 2.05) is 0 Å². The molecule has 0 aliphatic carbocycles. The van der Waals surface area contributed by atoms with Gasteiger partial charge < -0.3 is 9.84 Å². The second kappa shape index (κ2) is 8.20. The Hall–Kier alpha value is -2.11. The second-order valence-corrected chi connectivity index (χ2v) is 4.94. The van der Waals surface area contributed by atoms with Crippen LogP contribution in [0.25, 0.3) is 0 Å². The Labute approximate surface area is 154 Å². The van der Waals surface area contributed by atoms with Crippen molar-refractivity contribution in [3.63, 3.8) is 0 Å². The fraction of sp³-hybridized carbons (Fsp3) is 0.818. The van der Waals surface area contributed by atoms with Crippen LogP contribution >= 0.6 is 0 Å². The Balaban J connectivity index is 0. The molecule has 0 bridgehead atoms. The third-order valence-corrected chi connectivity index (χ3v) is 2.88. The highest BCUT2D eigenvalue weighted by atomic mass is 19.4. The minimum Gasteiger partial charge on any atom is -0.477 e. The molecule has 1 N–H and O–H groups in total. The molecule has 0 aromatic rings. The third-order valence-electron chi connectivity index (χ3n) is 2.88. The Morgan fingerprint density at radius 3 is 1.03 bits per heavy atom. The Bertz CT molecular complexity index is 637. The van der Waals surface area contributed by atoms with Gasteiger partial charge in [0.2, 0.25) is 0 Å². The monoisotopic (exact) mass is 488 g/mol. The lowest BCUT2D eigenvalue weighted by Gasteiger charge is -2.40. The SMILES string of the molecule is COC(C)=O.O=C(O)C(F)(F)C(F)(F)C(F)(F)C(F)(F)C(F)(F)C(F)(F)C(F)(F)F. The molecule has 0 fully saturated rings. The van der Waals surface area contributed by atoms with E-state index >= 15 is 0 Å². The van der Waals surface area contributed by atoms with E-state index in [1.165, 1.54) is 14.0 Å². The van der Waals surface area contributed by atoms with Crippen LogP contribution in [0, 0.1) is 0 Å². The van der Waals surface area contributed by atoms with Crippen LogP contribution in [0.15, 0.2) is 0 Å². The van der Waals surface area contributed by atoms with E-state index in [9.17, 15) is 75.4 Å². The van der Waals surface area contributed by atoms with Crippen LogP contribution in [0.4, 0.5) is 65.9 Å². The van der Waals surface area contributed by atoms with Crippen molar-refractivity contribution >= 4 is 11.9 Å². The topological polar surface area (TPSA) is 63.6 Å². The smallest absolute Gasteiger partial charge is 0.460 e. The molecular weight excluding hydrogens is 481 g/mol. The molecule has 0 saturated carbocycles. The van der Waals surface area contributed by atoms with Crippen molar-refractivity contribution in [3.05, 3.63) is 0 Å². The van der Waals surface area contributed by atoms with Gasteiger partial charge in [0.1, 0.15) is 0 Å². The van der Waals surface area contributed by atoms with E-state index in [-0.39, 0.29) is 5.97 Å². The standard InChI is InChI=1S/C8HF15O2.C3H6O2/c9-2(10,1(24)25)3(11,12)4(13,14)5(15,16)6(17,18)7(19,20)8(21,22)23;1-3(4)5-2/h(H,24,25);1-2H3.